The number of rotatable bonds is 5. The van der Waals surface area contributed by atoms with E-state index in [1.54, 1.807) is 12.1 Å². The van der Waals surface area contributed by atoms with Gasteiger partial charge in [0.2, 0.25) is 5.91 Å². The fourth-order valence-corrected chi connectivity index (χ4v) is 5.11. The average Bonchev–Trinajstić information content (AvgIpc) is 3.07. The van der Waals surface area contributed by atoms with Gasteiger partial charge in [-0.1, -0.05) is 12.1 Å². The summed E-state index contributed by atoms with van der Waals surface area (Å²) in [6, 6.07) is 5.32. The van der Waals surface area contributed by atoms with Gasteiger partial charge in [-0.15, -0.1) is 0 Å². The highest BCUT2D eigenvalue weighted by Crippen LogP contribution is 2.32. The minimum absolute atomic E-state index is 0.0119. The second-order valence-electron chi connectivity index (χ2n) is 9.00. The third kappa shape index (κ3) is 4.72. The Morgan fingerprint density at radius 2 is 2.00 bits per heavy atom. The number of carboxylic acids is 1. The Kier molecular flexibility index (Phi) is 6.52. The zero-order chi connectivity index (χ0) is 22.1. The molecule has 0 spiro atoms. The predicted molar refractivity (Wildman–Crippen MR) is 115 cm³/mol. The second kappa shape index (κ2) is 9.16. The van der Waals surface area contributed by atoms with E-state index in [0.29, 0.717) is 30.4 Å². The summed E-state index contributed by atoms with van der Waals surface area (Å²) in [5, 5.41) is 22.5. The van der Waals surface area contributed by atoms with Gasteiger partial charge in [-0.05, 0) is 56.7 Å². The number of carbonyl (C=O) groups excluding carboxylic acids is 1. The van der Waals surface area contributed by atoms with Gasteiger partial charge in [-0.3, -0.25) is 14.6 Å². The first-order valence-corrected chi connectivity index (χ1v) is 11.0. The molecule has 2 atom stereocenters. The van der Waals surface area contributed by atoms with Gasteiger partial charge in [-0.2, -0.15) is 0 Å². The van der Waals surface area contributed by atoms with E-state index in [-0.39, 0.29) is 23.5 Å². The van der Waals surface area contributed by atoms with Gasteiger partial charge in [0.1, 0.15) is 12.0 Å². The van der Waals surface area contributed by atoms with Crippen molar-refractivity contribution in [2.75, 3.05) is 20.1 Å². The largest absolute Gasteiger partial charge is 0.547 e. The van der Waals surface area contributed by atoms with E-state index in [1.807, 2.05) is 7.05 Å². The SMILES string of the molecule is CN1CCN(C2CCC(CC(=O)N[C@H]3Cc4cccc(C(=O)O)c4OB3O)CC2)C1N. The molecule has 9 nitrogen and oxygen atoms in total. The third-order valence-electron chi connectivity index (χ3n) is 6.96. The van der Waals surface area contributed by atoms with Gasteiger partial charge in [0.25, 0.3) is 0 Å². The number of benzene rings is 1. The summed E-state index contributed by atoms with van der Waals surface area (Å²) in [6.07, 6.45) is 4.79. The van der Waals surface area contributed by atoms with Crippen LogP contribution >= 0.6 is 0 Å². The maximum absolute atomic E-state index is 12.6. The number of carbonyl (C=O) groups is 2. The standard InChI is InChI=1S/C21H31BN4O5/c1-25-9-10-26(21(25)23)15-7-5-13(6-8-15)11-18(27)24-17-12-14-3-2-4-16(20(28)29)19(14)31-22(17)30/h2-4,13,15,17,21,30H,5-12,23H2,1H3,(H,24,27)(H,28,29)/t13?,15?,17-,21?/m0/s1. The lowest BCUT2D eigenvalue weighted by Crippen LogP contribution is -2.53. The van der Waals surface area contributed by atoms with Crippen LogP contribution in [0.1, 0.15) is 48.0 Å². The molecule has 1 unspecified atom stereocenters. The Morgan fingerprint density at radius 3 is 2.65 bits per heavy atom. The van der Waals surface area contributed by atoms with Crippen LogP contribution in [0, 0.1) is 5.92 Å². The number of carboxylic acid groups (broad SMARTS) is 1. The summed E-state index contributed by atoms with van der Waals surface area (Å²) in [5.74, 6) is -1.31. The lowest BCUT2D eigenvalue weighted by Gasteiger charge is -2.37. The van der Waals surface area contributed by atoms with Crippen LogP contribution in [0.5, 0.6) is 5.75 Å². The molecular formula is C21H31BN4O5. The van der Waals surface area contributed by atoms with Gasteiger partial charge in [0.15, 0.2) is 0 Å². The van der Waals surface area contributed by atoms with Crippen molar-refractivity contribution in [2.45, 2.75) is 56.8 Å². The van der Waals surface area contributed by atoms with Crippen molar-refractivity contribution in [1.82, 2.24) is 15.1 Å². The summed E-state index contributed by atoms with van der Waals surface area (Å²) in [4.78, 5) is 28.5. The molecule has 31 heavy (non-hydrogen) atoms. The van der Waals surface area contributed by atoms with Gasteiger partial charge < -0.3 is 25.8 Å². The van der Waals surface area contributed by atoms with Crippen molar-refractivity contribution in [3.63, 3.8) is 0 Å². The number of aromatic carboxylic acids is 1. The molecule has 3 aliphatic rings. The highest BCUT2D eigenvalue weighted by molar-refractivity contribution is 6.47. The Bertz CT molecular complexity index is 832. The van der Waals surface area contributed by atoms with E-state index in [1.165, 1.54) is 6.07 Å². The van der Waals surface area contributed by atoms with Crippen LogP contribution in [0.4, 0.5) is 0 Å². The minimum atomic E-state index is -1.28. The van der Waals surface area contributed by atoms with Crippen molar-refractivity contribution in [1.29, 1.82) is 0 Å². The van der Waals surface area contributed by atoms with Crippen LogP contribution in [0.2, 0.25) is 0 Å². The fourth-order valence-electron chi connectivity index (χ4n) is 5.11. The molecule has 0 bridgehead atoms. The van der Waals surface area contributed by atoms with Crippen LogP contribution in [0.3, 0.4) is 0 Å². The molecule has 2 aliphatic heterocycles. The number of nitrogens with zero attached hydrogens (tertiary/aromatic N) is 2. The highest BCUT2D eigenvalue weighted by atomic mass is 16.5. The number of nitrogens with one attached hydrogen (secondary N) is 1. The maximum Gasteiger partial charge on any atom is 0.547 e. The van der Waals surface area contributed by atoms with E-state index in [2.05, 4.69) is 15.1 Å². The number of fused-ring (bicyclic) bond motifs is 1. The fraction of sp³-hybridized carbons (Fsp3) is 0.619. The number of likely N-dealkylation sites (N-methyl/N-ethyl adjacent to an activating group) is 1. The Morgan fingerprint density at radius 1 is 1.26 bits per heavy atom. The van der Waals surface area contributed by atoms with Crippen molar-refractivity contribution in [3.05, 3.63) is 29.3 Å². The van der Waals surface area contributed by atoms with Crippen molar-refractivity contribution in [3.8, 4) is 5.75 Å². The first-order valence-electron chi connectivity index (χ1n) is 11.0. The van der Waals surface area contributed by atoms with Crippen LogP contribution < -0.4 is 15.7 Å². The lowest BCUT2D eigenvalue weighted by molar-refractivity contribution is -0.122. The first kappa shape index (κ1) is 22.1. The Balaban J connectivity index is 1.28. The van der Waals surface area contributed by atoms with E-state index in [0.717, 1.165) is 38.8 Å². The Hall–Kier alpha value is -2.14. The number of para-hydroxylation sites is 1. The minimum Gasteiger partial charge on any atom is -0.534 e. The van der Waals surface area contributed by atoms with E-state index in [9.17, 15) is 19.7 Å². The first-order chi connectivity index (χ1) is 14.8. The van der Waals surface area contributed by atoms with Gasteiger partial charge in [0.05, 0.1) is 11.5 Å². The predicted octanol–water partition coefficient (Wildman–Crippen LogP) is 0.263. The molecule has 2 fully saturated rings. The molecular weight excluding hydrogens is 399 g/mol. The molecule has 2 heterocycles. The quantitative estimate of drug-likeness (QED) is 0.490. The molecule has 1 aliphatic carbocycles. The van der Waals surface area contributed by atoms with Crippen molar-refractivity contribution < 1.29 is 24.4 Å². The molecule has 5 N–H and O–H groups in total. The van der Waals surface area contributed by atoms with Gasteiger partial charge >= 0.3 is 13.1 Å². The van der Waals surface area contributed by atoms with Crippen molar-refractivity contribution in [2.24, 2.45) is 11.7 Å². The second-order valence-corrected chi connectivity index (χ2v) is 9.00. The maximum atomic E-state index is 12.6. The molecule has 1 amide bonds. The molecule has 0 radical (unpaired) electrons. The molecule has 1 saturated carbocycles. The average molecular weight is 430 g/mol. The molecule has 1 aromatic carbocycles. The zero-order valence-corrected chi connectivity index (χ0v) is 17.9. The van der Waals surface area contributed by atoms with Crippen LogP contribution in [-0.4, -0.2) is 77.3 Å². The molecule has 168 valence electrons. The molecule has 1 saturated heterocycles. The summed E-state index contributed by atoms with van der Waals surface area (Å²) < 4.78 is 5.46. The monoisotopic (exact) mass is 430 g/mol. The van der Waals surface area contributed by atoms with Gasteiger partial charge in [-0.25, -0.2) is 4.79 Å². The van der Waals surface area contributed by atoms with E-state index >= 15 is 0 Å². The topological polar surface area (TPSA) is 128 Å². The van der Waals surface area contributed by atoms with Gasteiger partial charge in [0, 0.05) is 25.6 Å². The van der Waals surface area contributed by atoms with Crippen LogP contribution in [-0.2, 0) is 11.2 Å². The van der Waals surface area contributed by atoms with Crippen LogP contribution in [0.15, 0.2) is 18.2 Å². The lowest BCUT2D eigenvalue weighted by atomic mass is 9.72. The zero-order valence-electron chi connectivity index (χ0n) is 17.9. The number of hydrogen-bond donors (Lipinski definition) is 4. The number of hydrogen-bond acceptors (Lipinski definition) is 7. The molecule has 0 aromatic heterocycles. The molecule has 4 rings (SSSR count). The summed E-state index contributed by atoms with van der Waals surface area (Å²) >= 11 is 0. The van der Waals surface area contributed by atoms with E-state index in [4.69, 9.17) is 10.4 Å². The summed E-state index contributed by atoms with van der Waals surface area (Å²) in [7, 11) is 0.770. The molecule has 1 aromatic rings. The number of nitrogens with two attached hydrogens (primary N) is 1. The summed E-state index contributed by atoms with van der Waals surface area (Å²) in [5.41, 5.74) is 6.95. The smallest absolute Gasteiger partial charge is 0.534 e. The highest BCUT2D eigenvalue weighted by Gasteiger charge is 2.38. The Labute approximate surface area is 182 Å². The van der Waals surface area contributed by atoms with E-state index < -0.39 is 19.0 Å². The van der Waals surface area contributed by atoms with Crippen molar-refractivity contribution >= 4 is 19.0 Å². The molecule has 10 heteroatoms. The van der Waals surface area contributed by atoms with Crippen LogP contribution in [0.25, 0.3) is 0 Å². The summed E-state index contributed by atoms with van der Waals surface area (Å²) in [6.45, 7) is 1.99. The number of amides is 1. The normalized spacial score (nSPS) is 29.3. The third-order valence-corrected chi connectivity index (χ3v) is 6.96.